The minimum Gasteiger partial charge on any atom is -0.388 e. The third-order valence-electron chi connectivity index (χ3n) is 6.42. The van der Waals surface area contributed by atoms with Crippen LogP contribution >= 0.6 is 0 Å². The number of fused-ring (bicyclic) bond motifs is 5. The number of nitrogens with two attached hydrogens (primary N) is 1. The van der Waals surface area contributed by atoms with Crippen LogP contribution in [0.1, 0.15) is 23.3 Å². The maximum Gasteiger partial charge on any atom is 0.112 e. The molecule has 0 radical (unpaired) electrons. The van der Waals surface area contributed by atoms with Gasteiger partial charge in [0.1, 0.15) is 18.3 Å². The van der Waals surface area contributed by atoms with Crippen molar-refractivity contribution in [2.75, 3.05) is 0 Å². The quantitative estimate of drug-likeness (QED) is 0.249. The van der Waals surface area contributed by atoms with Crippen molar-refractivity contribution in [3.8, 4) is 0 Å². The minimum atomic E-state index is -1.30. The summed E-state index contributed by atoms with van der Waals surface area (Å²) in [6.07, 6.45) is -3.69. The highest BCUT2D eigenvalue weighted by atomic mass is 16.4. The van der Waals surface area contributed by atoms with Crippen molar-refractivity contribution in [3.63, 3.8) is 0 Å². The van der Waals surface area contributed by atoms with E-state index in [1.54, 1.807) is 0 Å². The fourth-order valence-electron chi connectivity index (χ4n) is 5.10. The standard InChI is InChI=1S/C24H19NO3/c25-21-20-15-9-8-11-4-3-7-14-12-5-1-2-6-13(12)16(19(15)18(11)14)10-17(20)22(26)24(28)23(21)27/h1-10,21-24,26-28H,25H2/t21-,22+,23+,24-/m0/s1. The van der Waals surface area contributed by atoms with Gasteiger partial charge < -0.3 is 21.1 Å². The second kappa shape index (κ2) is 5.40. The van der Waals surface area contributed by atoms with E-state index in [4.69, 9.17) is 5.73 Å². The van der Waals surface area contributed by atoms with Gasteiger partial charge >= 0.3 is 0 Å². The van der Waals surface area contributed by atoms with E-state index in [2.05, 4.69) is 36.4 Å². The van der Waals surface area contributed by atoms with Gasteiger partial charge in [-0.05, 0) is 60.3 Å². The van der Waals surface area contributed by atoms with Gasteiger partial charge in [-0.1, -0.05) is 54.6 Å². The first-order valence-electron chi connectivity index (χ1n) is 9.49. The summed E-state index contributed by atoms with van der Waals surface area (Å²) in [5.41, 5.74) is 7.65. The Morgan fingerprint density at radius 1 is 0.643 bits per heavy atom. The van der Waals surface area contributed by atoms with Gasteiger partial charge in [-0.15, -0.1) is 0 Å². The van der Waals surface area contributed by atoms with E-state index in [1.807, 2.05) is 24.3 Å². The van der Waals surface area contributed by atoms with E-state index < -0.39 is 24.4 Å². The lowest BCUT2D eigenvalue weighted by Crippen LogP contribution is -2.45. The summed E-state index contributed by atoms with van der Waals surface area (Å²) in [5, 5.41) is 40.2. The Morgan fingerprint density at radius 3 is 2.14 bits per heavy atom. The zero-order chi connectivity index (χ0) is 19.2. The summed E-state index contributed by atoms with van der Waals surface area (Å²) in [5.74, 6) is 0. The second-order valence-electron chi connectivity index (χ2n) is 7.82. The van der Waals surface area contributed by atoms with E-state index in [0.717, 1.165) is 37.9 Å². The Kier molecular flexibility index (Phi) is 3.13. The highest BCUT2D eigenvalue weighted by Crippen LogP contribution is 2.47. The van der Waals surface area contributed by atoms with Gasteiger partial charge in [-0.25, -0.2) is 0 Å². The Hall–Kier alpha value is -2.76. The summed E-state index contributed by atoms with van der Waals surface area (Å²) < 4.78 is 0. The molecule has 0 heterocycles. The molecule has 0 unspecified atom stereocenters. The summed E-state index contributed by atoms with van der Waals surface area (Å²) in [6, 6.07) is 19.8. The summed E-state index contributed by atoms with van der Waals surface area (Å²) in [6.45, 7) is 0. The number of aliphatic hydroxyl groups excluding tert-OH is 3. The third-order valence-corrected chi connectivity index (χ3v) is 6.42. The Balaban J connectivity index is 1.94. The highest BCUT2D eigenvalue weighted by Gasteiger charge is 2.40. The largest absolute Gasteiger partial charge is 0.388 e. The van der Waals surface area contributed by atoms with Crippen LogP contribution < -0.4 is 5.73 Å². The molecule has 5 N–H and O–H groups in total. The van der Waals surface area contributed by atoms with Crippen molar-refractivity contribution in [2.24, 2.45) is 5.73 Å². The number of benzene rings is 5. The van der Waals surface area contributed by atoms with Crippen molar-refractivity contribution in [2.45, 2.75) is 24.4 Å². The molecule has 0 aliphatic heterocycles. The first-order chi connectivity index (χ1) is 13.6. The van der Waals surface area contributed by atoms with Crippen LogP contribution in [0.25, 0.3) is 43.1 Å². The third kappa shape index (κ3) is 1.83. The molecule has 0 bridgehead atoms. The van der Waals surface area contributed by atoms with Crippen molar-refractivity contribution in [1.82, 2.24) is 0 Å². The molecule has 28 heavy (non-hydrogen) atoms. The predicted octanol–water partition coefficient (Wildman–Crippen LogP) is 3.51. The van der Waals surface area contributed by atoms with Gasteiger partial charge in [0.15, 0.2) is 0 Å². The first kappa shape index (κ1) is 16.2. The summed E-state index contributed by atoms with van der Waals surface area (Å²) in [7, 11) is 0. The topological polar surface area (TPSA) is 86.7 Å². The van der Waals surface area contributed by atoms with Crippen LogP contribution in [-0.2, 0) is 0 Å². The molecule has 4 nitrogen and oxygen atoms in total. The van der Waals surface area contributed by atoms with Crippen LogP contribution in [0, 0.1) is 0 Å². The van der Waals surface area contributed by atoms with Crippen LogP contribution in [0.15, 0.2) is 60.7 Å². The lowest BCUT2D eigenvalue weighted by Gasteiger charge is -2.36. The first-order valence-corrected chi connectivity index (χ1v) is 9.49. The zero-order valence-corrected chi connectivity index (χ0v) is 15.0. The zero-order valence-electron chi connectivity index (χ0n) is 15.0. The molecule has 4 heteroatoms. The van der Waals surface area contributed by atoms with E-state index >= 15 is 0 Å². The monoisotopic (exact) mass is 369 g/mol. The van der Waals surface area contributed by atoms with E-state index in [9.17, 15) is 15.3 Å². The van der Waals surface area contributed by atoms with Gasteiger partial charge in [0.25, 0.3) is 0 Å². The number of hydrogen-bond donors (Lipinski definition) is 4. The molecule has 0 aromatic heterocycles. The maximum absolute atomic E-state index is 10.7. The van der Waals surface area contributed by atoms with Crippen LogP contribution in [-0.4, -0.2) is 27.5 Å². The number of aliphatic hydroxyl groups is 3. The maximum atomic E-state index is 10.7. The van der Waals surface area contributed by atoms with Crippen molar-refractivity contribution < 1.29 is 15.3 Å². The lowest BCUT2D eigenvalue weighted by molar-refractivity contribution is -0.0793. The van der Waals surface area contributed by atoms with Crippen molar-refractivity contribution in [3.05, 3.63) is 71.8 Å². The molecule has 0 amide bonds. The van der Waals surface area contributed by atoms with Crippen LogP contribution in [0.2, 0.25) is 0 Å². The average molecular weight is 369 g/mol. The van der Waals surface area contributed by atoms with Gasteiger partial charge in [0, 0.05) is 0 Å². The molecule has 6 rings (SSSR count). The van der Waals surface area contributed by atoms with Crippen molar-refractivity contribution in [1.29, 1.82) is 0 Å². The van der Waals surface area contributed by atoms with Gasteiger partial charge in [0.05, 0.1) is 6.04 Å². The van der Waals surface area contributed by atoms with Crippen LogP contribution in [0.4, 0.5) is 0 Å². The Bertz CT molecular complexity index is 1390. The fourth-order valence-corrected chi connectivity index (χ4v) is 5.10. The number of hydrogen-bond acceptors (Lipinski definition) is 4. The van der Waals surface area contributed by atoms with E-state index in [1.165, 1.54) is 10.8 Å². The molecule has 0 saturated heterocycles. The van der Waals surface area contributed by atoms with Crippen LogP contribution in [0.3, 0.4) is 0 Å². The molecule has 5 aromatic rings. The second-order valence-corrected chi connectivity index (χ2v) is 7.82. The molecule has 0 fully saturated rings. The van der Waals surface area contributed by atoms with E-state index in [-0.39, 0.29) is 0 Å². The van der Waals surface area contributed by atoms with E-state index in [0.29, 0.717) is 5.56 Å². The summed E-state index contributed by atoms with van der Waals surface area (Å²) >= 11 is 0. The van der Waals surface area contributed by atoms with Crippen molar-refractivity contribution >= 4 is 43.1 Å². The molecule has 1 aliphatic rings. The van der Waals surface area contributed by atoms with Gasteiger partial charge in [0.2, 0.25) is 0 Å². The normalized spacial score (nSPS) is 25.1. The summed E-state index contributed by atoms with van der Waals surface area (Å²) in [4.78, 5) is 0. The molecular weight excluding hydrogens is 350 g/mol. The Morgan fingerprint density at radius 2 is 1.36 bits per heavy atom. The van der Waals surface area contributed by atoms with Gasteiger partial charge in [-0.3, -0.25) is 0 Å². The molecule has 0 spiro atoms. The molecule has 138 valence electrons. The molecule has 0 saturated carbocycles. The van der Waals surface area contributed by atoms with Crippen LogP contribution in [0.5, 0.6) is 0 Å². The Labute approximate surface area is 160 Å². The minimum absolute atomic E-state index is 0.598. The smallest absolute Gasteiger partial charge is 0.112 e. The highest BCUT2D eigenvalue weighted by molar-refractivity contribution is 6.34. The number of rotatable bonds is 0. The fraction of sp³-hybridized carbons (Fsp3) is 0.167. The SMILES string of the molecule is N[C@H]1c2c(cc3c4ccccc4c4cccc5ccc2c3c54)[C@@H](O)[C@H](O)[C@@H]1O. The predicted molar refractivity (Wildman–Crippen MR) is 112 cm³/mol. The molecule has 5 aromatic carbocycles. The molecular formula is C24H19NO3. The average Bonchev–Trinajstić information content (AvgIpc) is 2.74. The molecule has 4 atom stereocenters. The molecule has 1 aliphatic carbocycles. The van der Waals surface area contributed by atoms with Gasteiger partial charge in [-0.2, -0.15) is 0 Å². The lowest BCUT2D eigenvalue weighted by atomic mass is 9.77.